The van der Waals surface area contributed by atoms with Crippen molar-refractivity contribution in [1.29, 1.82) is 0 Å². The topological polar surface area (TPSA) is 51.2 Å². The number of halogens is 1. The molecule has 1 aliphatic carbocycles. The molecule has 4 heteroatoms. The summed E-state index contributed by atoms with van der Waals surface area (Å²) in [5.41, 5.74) is 3.64. The van der Waals surface area contributed by atoms with E-state index in [1.807, 2.05) is 6.07 Å². The van der Waals surface area contributed by atoms with Gasteiger partial charge in [0.15, 0.2) is 0 Å². The molecule has 1 saturated carbocycles. The number of nitrogens with two attached hydrogens (primary N) is 1. The molecule has 1 fully saturated rings. The predicted octanol–water partition coefficient (Wildman–Crippen LogP) is 4.44. The largest absolute Gasteiger partial charge is 0.459 e. The van der Waals surface area contributed by atoms with Crippen molar-refractivity contribution in [3.8, 4) is 0 Å². The Labute approximate surface area is 124 Å². The second-order valence-electron chi connectivity index (χ2n) is 6.08. The Balaban J connectivity index is 1.85. The Kier molecular flexibility index (Phi) is 4.56. The minimum atomic E-state index is -0.238. The van der Waals surface area contributed by atoms with Gasteiger partial charge in [-0.3, -0.25) is 5.84 Å². The van der Waals surface area contributed by atoms with Crippen LogP contribution in [0.4, 0.5) is 4.39 Å². The monoisotopic (exact) mass is 290 g/mol. The van der Waals surface area contributed by atoms with Gasteiger partial charge in [0.1, 0.15) is 17.2 Å². The molecule has 3 nitrogen and oxygen atoms in total. The van der Waals surface area contributed by atoms with Crippen LogP contribution in [0.5, 0.6) is 0 Å². The van der Waals surface area contributed by atoms with Gasteiger partial charge in [-0.15, -0.1) is 0 Å². The van der Waals surface area contributed by atoms with E-state index in [2.05, 4.69) is 5.43 Å². The Morgan fingerprint density at radius 1 is 1.10 bits per heavy atom. The number of hydrogen-bond acceptors (Lipinski definition) is 3. The fourth-order valence-electron chi connectivity index (χ4n) is 3.46. The number of hydrazine groups is 1. The number of fused-ring (bicyclic) bond motifs is 1. The smallest absolute Gasteiger partial charge is 0.134 e. The molecule has 0 saturated heterocycles. The zero-order valence-electron chi connectivity index (χ0n) is 12.3. The van der Waals surface area contributed by atoms with E-state index in [0.29, 0.717) is 5.92 Å². The molecular formula is C17H23FN2O. The Bertz CT molecular complexity index is 587. The lowest BCUT2D eigenvalue weighted by Crippen LogP contribution is -2.33. The molecule has 1 heterocycles. The molecule has 3 rings (SSSR count). The van der Waals surface area contributed by atoms with E-state index in [9.17, 15) is 4.39 Å². The van der Waals surface area contributed by atoms with Crippen LogP contribution in [0.2, 0.25) is 0 Å². The third-order valence-corrected chi connectivity index (χ3v) is 4.60. The maximum absolute atomic E-state index is 13.3. The molecule has 1 unspecified atom stereocenters. The van der Waals surface area contributed by atoms with Crippen LogP contribution in [0, 0.1) is 11.7 Å². The highest BCUT2D eigenvalue weighted by Crippen LogP contribution is 2.35. The van der Waals surface area contributed by atoms with Crippen LogP contribution in [0.3, 0.4) is 0 Å². The van der Waals surface area contributed by atoms with Gasteiger partial charge in [-0.05, 0) is 43.0 Å². The number of benzene rings is 1. The maximum Gasteiger partial charge on any atom is 0.134 e. The Morgan fingerprint density at radius 2 is 1.81 bits per heavy atom. The van der Waals surface area contributed by atoms with Crippen LogP contribution in [0.1, 0.15) is 56.7 Å². The van der Waals surface area contributed by atoms with Gasteiger partial charge in [-0.25, -0.2) is 9.82 Å². The summed E-state index contributed by atoms with van der Waals surface area (Å²) in [5.74, 6) is 6.87. The van der Waals surface area contributed by atoms with Crippen molar-refractivity contribution in [2.45, 2.75) is 51.0 Å². The molecule has 1 aromatic carbocycles. The van der Waals surface area contributed by atoms with Crippen LogP contribution in [-0.4, -0.2) is 0 Å². The first-order chi connectivity index (χ1) is 10.3. The normalized spacial score (nSPS) is 19.3. The first-order valence-electron chi connectivity index (χ1n) is 7.93. The number of furan rings is 1. The van der Waals surface area contributed by atoms with Crippen LogP contribution >= 0.6 is 0 Å². The molecule has 114 valence electrons. The average molecular weight is 290 g/mol. The van der Waals surface area contributed by atoms with Gasteiger partial charge >= 0.3 is 0 Å². The molecule has 0 bridgehead atoms. The van der Waals surface area contributed by atoms with Crippen LogP contribution in [-0.2, 0) is 0 Å². The molecule has 0 amide bonds. The zero-order valence-corrected chi connectivity index (χ0v) is 12.3. The van der Waals surface area contributed by atoms with Crippen molar-refractivity contribution in [2.24, 2.45) is 11.8 Å². The van der Waals surface area contributed by atoms with Gasteiger partial charge < -0.3 is 4.42 Å². The third kappa shape index (κ3) is 3.27. The van der Waals surface area contributed by atoms with Gasteiger partial charge in [0.2, 0.25) is 0 Å². The van der Waals surface area contributed by atoms with E-state index in [-0.39, 0.29) is 11.9 Å². The molecular weight excluding hydrogens is 267 g/mol. The standard InChI is InChI=1S/C17H23FN2O/c18-14-8-9-15-13(10-14)11-16(21-15)17(20-19)12-6-4-2-1-3-5-7-12/h8-12,17,20H,1-7,19H2. The third-order valence-electron chi connectivity index (χ3n) is 4.60. The van der Waals surface area contributed by atoms with Crippen molar-refractivity contribution in [2.75, 3.05) is 0 Å². The van der Waals surface area contributed by atoms with E-state index in [0.717, 1.165) is 16.7 Å². The second kappa shape index (κ2) is 6.58. The van der Waals surface area contributed by atoms with Gasteiger partial charge in [0.05, 0.1) is 6.04 Å². The fraction of sp³-hybridized carbons (Fsp3) is 0.529. The minimum Gasteiger partial charge on any atom is -0.459 e. The molecule has 1 aromatic heterocycles. The summed E-state index contributed by atoms with van der Waals surface area (Å²) in [6.07, 6.45) is 8.78. The van der Waals surface area contributed by atoms with Crippen molar-refractivity contribution in [1.82, 2.24) is 5.43 Å². The fourth-order valence-corrected chi connectivity index (χ4v) is 3.46. The van der Waals surface area contributed by atoms with E-state index in [4.69, 9.17) is 10.3 Å². The lowest BCUT2D eigenvalue weighted by atomic mass is 9.85. The van der Waals surface area contributed by atoms with E-state index >= 15 is 0 Å². The second-order valence-corrected chi connectivity index (χ2v) is 6.08. The number of rotatable bonds is 3. The molecule has 2 aromatic rings. The average Bonchev–Trinajstić information content (AvgIpc) is 2.84. The highest BCUT2D eigenvalue weighted by Gasteiger charge is 2.25. The lowest BCUT2D eigenvalue weighted by Gasteiger charge is -2.26. The zero-order chi connectivity index (χ0) is 14.7. The van der Waals surface area contributed by atoms with Crippen molar-refractivity contribution < 1.29 is 8.81 Å². The van der Waals surface area contributed by atoms with Crippen LogP contribution in [0.15, 0.2) is 28.7 Å². The van der Waals surface area contributed by atoms with E-state index in [1.54, 1.807) is 6.07 Å². The summed E-state index contributed by atoms with van der Waals surface area (Å²) in [6.45, 7) is 0. The summed E-state index contributed by atoms with van der Waals surface area (Å²) in [6, 6.07) is 6.55. The minimum absolute atomic E-state index is 0.0126. The lowest BCUT2D eigenvalue weighted by molar-refractivity contribution is 0.263. The molecule has 0 radical (unpaired) electrons. The molecule has 3 N–H and O–H groups in total. The van der Waals surface area contributed by atoms with E-state index < -0.39 is 0 Å². The van der Waals surface area contributed by atoms with Gasteiger partial charge in [-0.1, -0.05) is 32.1 Å². The van der Waals surface area contributed by atoms with Crippen LogP contribution in [0.25, 0.3) is 11.0 Å². The molecule has 1 atom stereocenters. The number of nitrogens with one attached hydrogen (secondary N) is 1. The molecule has 0 spiro atoms. The summed E-state index contributed by atoms with van der Waals surface area (Å²) >= 11 is 0. The first-order valence-corrected chi connectivity index (χ1v) is 7.93. The summed E-state index contributed by atoms with van der Waals surface area (Å²) in [7, 11) is 0. The van der Waals surface area contributed by atoms with E-state index in [1.165, 1.54) is 57.1 Å². The maximum atomic E-state index is 13.3. The van der Waals surface area contributed by atoms with Crippen molar-refractivity contribution in [3.63, 3.8) is 0 Å². The summed E-state index contributed by atoms with van der Waals surface area (Å²) in [5, 5.41) is 0.802. The quantitative estimate of drug-likeness (QED) is 0.649. The predicted molar refractivity (Wildman–Crippen MR) is 82.0 cm³/mol. The SMILES string of the molecule is NNC(c1cc2cc(F)ccc2o1)C1CCCCCCC1. The van der Waals surface area contributed by atoms with Gasteiger partial charge in [-0.2, -0.15) is 0 Å². The highest BCUT2D eigenvalue weighted by molar-refractivity contribution is 5.78. The first kappa shape index (κ1) is 14.5. The van der Waals surface area contributed by atoms with Gasteiger partial charge in [0, 0.05) is 5.39 Å². The van der Waals surface area contributed by atoms with Crippen LogP contribution < -0.4 is 11.3 Å². The summed E-state index contributed by atoms with van der Waals surface area (Å²) in [4.78, 5) is 0. The summed E-state index contributed by atoms with van der Waals surface area (Å²) < 4.78 is 19.2. The van der Waals surface area contributed by atoms with Crippen molar-refractivity contribution >= 4 is 11.0 Å². The highest BCUT2D eigenvalue weighted by atomic mass is 19.1. The Morgan fingerprint density at radius 3 is 2.52 bits per heavy atom. The molecule has 1 aliphatic rings. The van der Waals surface area contributed by atoms with Gasteiger partial charge in [0.25, 0.3) is 0 Å². The molecule has 21 heavy (non-hydrogen) atoms. The molecule has 0 aliphatic heterocycles. The number of hydrogen-bond donors (Lipinski definition) is 2. The van der Waals surface area contributed by atoms with Crippen molar-refractivity contribution in [3.05, 3.63) is 35.8 Å². The Hall–Kier alpha value is -1.39.